The number of sulfone groups is 1. The number of nitriles is 1. The van der Waals surface area contributed by atoms with Crippen molar-refractivity contribution in [2.45, 2.75) is 52.5 Å². The highest BCUT2D eigenvalue weighted by Crippen LogP contribution is 2.43. The molecule has 0 aromatic carbocycles. The zero-order chi connectivity index (χ0) is 15.7. The van der Waals surface area contributed by atoms with Crippen LogP contribution in [-0.4, -0.2) is 44.0 Å². The van der Waals surface area contributed by atoms with Crippen LogP contribution in [0.3, 0.4) is 0 Å². The molecule has 1 saturated heterocycles. The maximum absolute atomic E-state index is 11.6. The van der Waals surface area contributed by atoms with Gasteiger partial charge in [-0.05, 0) is 30.6 Å². The average molecular weight is 312 g/mol. The molecule has 5 heteroatoms. The highest BCUT2D eigenvalue weighted by atomic mass is 32.2. The Labute approximate surface area is 129 Å². The summed E-state index contributed by atoms with van der Waals surface area (Å²) in [6, 6.07) is 2.72. The van der Waals surface area contributed by atoms with Gasteiger partial charge >= 0.3 is 0 Å². The first-order valence-corrected chi connectivity index (χ1v) is 9.95. The van der Waals surface area contributed by atoms with Gasteiger partial charge in [0.15, 0.2) is 9.84 Å². The number of nitrogens with zero attached hydrogens (tertiary/aromatic N) is 2. The second-order valence-corrected chi connectivity index (χ2v) is 9.65. The van der Waals surface area contributed by atoms with E-state index in [1.54, 1.807) is 0 Å². The van der Waals surface area contributed by atoms with Crippen LogP contribution >= 0.6 is 0 Å². The third-order valence-corrected chi connectivity index (χ3v) is 7.46. The fraction of sp³-hybridized carbons (Fsp3) is 0.938. The summed E-state index contributed by atoms with van der Waals surface area (Å²) >= 11 is 0. The van der Waals surface area contributed by atoms with Crippen molar-refractivity contribution in [3.63, 3.8) is 0 Å². The molecular formula is C16H28N2O2S. The normalized spacial score (nSPS) is 34.3. The Kier molecular flexibility index (Phi) is 4.99. The van der Waals surface area contributed by atoms with E-state index in [0.29, 0.717) is 24.4 Å². The van der Waals surface area contributed by atoms with Crippen LogP contribution in [0.1, 0.15) is 46.5 Å². The lowest BCUT2D eigenvalue weighted by molar-refractivity contribution is 0.0559. The van der Waals surface area contributed by atoms with E-state index in [0.717, 1.165) is 25.7 Å². The van der Waals surface area contributed by atoms with Crippen LogP contribution in [0, 0.1) is 28.6 Å². The summed E-state index contributed by atoms with van der Waals surface area (Å²) in [7, 11) is -2.85. The monoisotopic (exact) mass is 312 g/mol. The number of rotatable bonds is 3. The van der Waals surface area contributed by atoms with Crippen LogP contribution in [0.25, 0.3) is 0 Å². The molecule has 0 amide bonds. The Hall–Kier alpha value is -0.600. The molecule has 2 rings (SSSR count). The number of hydrogen-bond donors (Lipinski definition) is 0. The molecule has 0 bridgehead atoms. The topological polar surface area (TPSA) is 61.2 Å². The van der Waals surface area contributed by atoms with Crippen molar-refractivity contribution in [2.75, 3.05) is 24.6 Å². The van der Waals surface area contributed by atoms with Crippen LogP contribution in [0.15, 0.2) is 0 Å². The van der Waals surface area contributed by atoms with Crippen LogP contribution in [0.2, 0.25) is 0 Å². The Bertz CT molecular complexity index is 493. The summed E-state index contributed by atoms with van der Waals surface area (Å²) in [5.74, 6) is 1.21. The molecule has 0 spiro atoms. The minimum absolute atomic E-state index is 0.0645. The first-order valence-electron chi connectivity index (χ1n) is 8.13. The van der Waals surface area contributed by atoms with Gasteiger partial charge in [0.2, 0.25) is 0 Å². The largest absolute Gasteiger partial charge is 0.297 e. The molecule has 1 saturated carbocycles. The fourth-order valence-corrected chi connectivity index (χ4v) is 4.99. The Morgan fingerprint density at radius 1 is 1.24 bits per heavy atom. The quantitative estimate of drug-likeness (QED) is 0.803. The highest BCUT2D eigenvalue weighted by Gasteiger charge is 2.40. The van der Waals surface area contributed by atoms with E-state index in [1.165, 1.54) is 0 Å². The van der Waals surface area contributed by atoms with Gasteiger partial charge in [-0.15, -0.1) is 0 Å². The Morgan fingerprint density at radius 2 is 1.86 bits per heavy atom. The molecule has 120 valence electrons. The van der Waals surface area contributed by atoms with Gasteiger partial charge in [-0.25, -0.2) is 8.42 Å². The van der Waals surface area contributed by atoms with Gasteiger partial charge in [0.1, 0.15) is 0 Å². The second kappa shape index (κ2) is 6.26. The predicted molar refractivity (Wildman–Crippen MR) is 84.5 cm³/mol. The lowest BCUT2D eigenvalue weighted by atomic mass is 9.66. The van der Waals surface area contributed by atoms with Crippen molar-refractivity contribution in [1.82, 2.24) is 4.90 Å². The van der Waals surface area contributed by atoms with Crippen LogP contribution < -0.4 is 0 Å². The van der Waals surface area contributed by atoms with Gasteiger partial charge in [-0.3, -0.25) is 4.90 Å². The smallest absolute Gasteiger partial charge is 0.152 e. The van der Waals surface area contributed by atoms with Crippen molar-refractivity contribution in [3.05, 3.63) is 0 Å². The zero-order valence-corrected chi connectivity index (χ0v) is 14.3. The molecule has 0 radical (unpaired) electrons. The van der Waals surface area contributed by atoms with Crippen LogP contribution in [-0.2, 0) is 9.84 Å². The summed E-state index contributed by atoms with van der Waals surface area (Å²) in [4.78, 5) is 2.27. The van der Waals surface area contributed by atoms with E-state index in [9.17, 15) is 13.7 Å². The minimum Gasteiger partial charge on any atom is -0.297 e. The third-order valence-electron chi connectivity index (χ3n) is 5.85. The molecule has 2 fully saturated rings. The van der Waals surface area contributed by atoms with Crippen LogP contribution in [0.4, 0.5) is 0 Å². The number of hydrogen-bond acceptors (Lipinski definition) is 4. The first-order chi connectivity index (χ1) is 9.79. The molecule has 3 unspecified atom stereocenters. The standard InChI is InChI=1S/C16H28N2O2S/c1-4-16(2,3)14-6-5-13(12-17)15(11-14)18-7-9-21(19,20)10-8-18/h13-15H,4-11H2,1-3H3. The van der Waals surface area contributed by atoms with E-state index in [1.807, 2.05) is 0 Å². The third kappa shape index (κ3) is 3.78. The van der Waals surface area contributed by atoms with Crippen molar-refractivity contribution >= 4 is 9.84 Å². The second-order valence-electron chi connectivity index (χ2n) is 7.34. The van der Waals surface area contributed by atoms with Crippen LogP contribution in [0.5, 0.6) is 0 Å². The van der Waals surface area contributed by atoms with E-state index < -0.39 is 9.84 Å². The summed E-state index contributed by atoms with van der Waals surface area (Å²) < 4.78 is 23.2. The van der Waals surface area contributed by atoms with Crippen molar-refractivity contribution in [2.24, 2.45) is 17.3 Å². The predicted octanol–water partition coefficient (Wildman–Crippen LogP) is 2.46. The fourth-order valence-electron chi connectivity index (χ4n) is 3.76. The molecule has 4 nitrogen and oxygen atoms in total. The van der Waals surface area contributed by atoms with Gasteiger partial charge in [0.05, 0.1) is 23.5 Å². The van der Waals surface area contributed by atoms with Gasteiger partial charge in [0.25, 0.3) is 0 Å². The van der Waals surface area contributed by atoms with E-state index in [2.05, 4.69) is 31.7 Å². The average Bonchev–Trinajstić information content (AvgIpc) is 2.46. The molecular weight excluding hydrogens is 284 g/mol. The molecule has 0 N–H and O–H groups in total. The molecule has 1 aliphatic heterocycles. The molecule has 3 atom stereocenters. The molecule has 0 aromatic heterocycles. The Morgan fingerprint density at radius 3 is 2.38 bits per heavy atom. The molecule has 2 aliphatic rings. The lowest BCUT2D eigenvalue weighted by Gasteiger charge is -2.46. The van der Waals surface area contributed by atoms with E-state index in [4.69, 9.17) is 0 Å². The van der Waals surface area contributed by atoms with E-state index in [-0.39, 0.29) is 23.5 Å². The van der Waals surface area contributed by atoms with Crippen molar-refractivity contribution in [3.8, 4) is 6.07 Å². The highest BCUT2D eigenvalue weighted by molar-refractivity contribution is 7.91. The maximum atomic E-state index is 11.6. The zero-order valence-electron chi connectivity index (χ0n) is 13.5. The molecule has 1 heterocycles. The Balaban J connectivity index is 2.09. The summed E-state index contributed by atoms with van der Waals surface area (Å²) in [6.07, 6.45) is 4.27. The SMILES string of the molecule is CCC(C)(C)C1CCC(C#N)C(N2CCS(=O)(=O)CC2)C1. The minimum atomic E-state index is -2.85. The van der Waals surface area contributed by atoms with Gasteiger partial charge in [0, 0.05) is 19.1 Å². The molecule has 0 aromatic rings. The maximum Gasteiger partial charge on any atom is 0.152 e. The summed E-state index contributed by atoms with van der Waals surface area (Å²) in [6.45, 7) is 8.08. The lowest BCUT2D eigenvalue weighted by Crippen LogP contribution is -2.51. The van der Waals surface area contributed by atoms with Gasteiger partial charge in [-0.2, -0.15) is 5.26 Å². The summed E-state index contributed by atoms with van der Waals surface area (Å²) in [5.41, 5.74) is 0.306. The van der Waals surface area contributed by atoms with Crippen molar-refractivity contribution in [1.29, 1.82) is 5.26 Å². The summed E-state index contributed by atoms with van der Waals surface area (Å²) in [5, 5.41) is 9.45. The first kappa shape index (κ1) is 16.8. The molecule has 1 aliphatic carbocycles. The van der Waals surface area contributed by atoms with Gasteiger partial charge < -0.3 is 0 Å². The van der Waals surface area contributed by atoms with E-state index >= 15 is 0 Å². The van der Waals surface area contributed by atoms with Crippen molar-refractivity contribution < 1.29 is 8.42 Å². The van der Waals surface area contributed by atoms with Gasteiger partial charge in [-0.1, -0.05) is 27.2 Å². The molecule has 21 heavy (non-hydrogen) atoms.